The van der Waals surface area contributed by atoms with Gasteiger partial charge in [0.05, 0.1) is 5.92 Å². The molecule has 0 radical (unpaired) electrons. The Morgan fingerprint density at radius 2 is 1.85 bits per heavy atom. The number of amides is 1. The van der Waals surface area contributed by atoms with Crippen LogP contribution in [-0.4, -0.2) is 30.4 Å². The van der Waals surface area contributed by atoms with Gasteiger partial charge in [0.1, 0.15) is 0 Å². The molecule has 20 heavy (non-hydrogen) atoms. The van der Waals surface area contributed by atoms with E-state index in [2.05, 4.69) is 20.8 Å². The van der Waals surface area contributed by atoms with Gasteiger partial charge in [0.2, 0.25) is 5.91 Å². The Kier molecular flexibility index (Phi) is 6.73. The van der Waals surface area contributed by atoms with Crippen LogP contribution in [0.2, 0.25) is 0 Å². The fraction of sp³-hybridized carbons (Fsp3) is 0.588. The zero-order chi connectivity index (χ0) is 15.1. The van der Waals surface area contributed by atoms with Gasteiger partial charge in [-0.25, -0.2) is 0 Å². The average Bonchev–Trinajstić information content (AvgIpc) is 2.45. The van der Waals surface area contributed by atoms with Crippen LogP contribution in [-0.2, 0) is 4.79 Å². The molecule has 1 rings (SSSR count). The van der Waals surface area contributed by atoms with E-state index in [0.717, 1.165) is 24.9 Å². The maximum absolute atomic E-state index is 12.5. The van der Waals surface area contributed by atoms with Crippen LogP contribution in [0.5, 0.6) is 0 Å². The second-order valence-electron chi connectivity index (χ2n) is 5.83. The molecule has 112 valence electrons. The molecule has 0 aliphatic carbocycles. The third-order valence-corrected chi connectivity index (χ3v) is 3.94. The van der Waals surface area contributed by atoms with Gasteiger partial charge in [-0.1, -0.05) is 51.1 Å². The highest BCUT2D eigenvalue weighted by Crippen LogP contribution is 2.21. The van der Waals surface area contributed by atoms with Crippen molar-refractivity contribution in [2.75, 3.05) is 13.6 Å². The number of nitrogens with two attached hydrogens (primary N) is 1. The number of hydrogen-bond acceptors (Lipinski definition) is 2. The summed E-state index contributed by atoms with van der Waals surface area (Å²) in [6.45, 7) is 7.02. The highest BCUT2D eigenvalue weighted by molar-refractivity contribution is 5.83. The normalized spacial score (nSPS) is 14.1. The average molecular weight is 276 g/mol. The van der Waals surface area contributed by atoms with Crippen molar-refractivity contribution < 1.29 is 4.79 Å². The quantitative estimate of drug-likeness (QED) is 0.832. The summed E-state index contributed by atoms with van der Waals surface area (Å²) in [4.78, 5) is 14.4. The Labute approximate surface area is 123 Å². The topological polar surface area (TPSA) is 46.3 Å². The summed E-state index contributed by atoms with van der Waals surface area (Å²) < 4.78 is 0. The molecule has 3 nitrogen and oxygen atoms in total. The molecule has 2 unspecified atom stereocenters. The van der Waals surface area contributed by atoms with E-state index in [4.69, 9.17) is 5.73 Å². The Hall–Kier alpha value is -1.35. The lowest BCUT2D eigenvalue weighted by Crippen LogP contribution is -2.36. The van der Waals surface area contributed by atoms with E-state index >= 15 is 0 Å². The van der Waals surface area contributed by atoms with E-state index in [1.54, 1.807) is 0 Å². The number of likely N-dealkylation sites (N-methyl/N-ethyl adjacent to an activating group) is 1. The number of nitrogens with zero attached hydrogens (tertiary/aromatic N) is 1. The number of carbonyl (C=O) groups excluding carboxylic acids is 1. The van der Waals surface area contributed by atoms with Gasteiger partial charge in [-0.2, -0.15) is 0 Å². The first-order chi connectivity index (χ1) is 9.47. The molecule has 0 bridgehead atoms. The summed E-state index contributed by atoms with van der Waals surface area (Å²) in [6, 6.07) is 10.2. The van der Waals surface area contributed by atoms with E-state index < -0.39 is 0 Å². The molecule has 2 atom stereocenters. The van der Waals surface area contributed by atoms with Crippen LogP contribution in [0.4, 0.5) is 0 Å². The van der Waals surface area contributed by atoms with Crippen LogP contribution in [0, 0.1) is 5.92 Å². The molecular weight excluding hydrogens is 248 g/mol. The maximum Gasteiger partial charge on any atom is 0.229 e. The van der Waals surface area contributed by atoms with E-state index in [9.17, 15) is 4.79 Å². The smallest absolute Gasteiger partial charge is 0.229 e. The number of rotatable bonds is 7. The van der Waals surface area contributed by atoms with E-state index in [0.29, 0.717) is 5.92 Å². The lowest BCUT2D eigenvalue weighted by Gasteiger charge is -2.25. The highest BCUT2D eigenvalue weighted by Gasteiger charge is 2.22. The maximum atomic E-state index is 12.5. The first kappa shape index (κ1) is 16.7. The Morgan fingerprint density at radius 1 is 1.25 bits per heavy atom. The molecule has 3 heteroatoms. The number of carbonyl (C=O) groups is 1. The molecule has 1 amide bonds. The zero-order valence-electron chi connectivity index (χ0n) is 13.2. The van der Waals surface area contributed by atoms with Gasteiger partial charge < -0.3 is 10.6 Å². The molecule has 1 aromatic rings. The second-order valence-corrected chi connectivity index (χ2v) is 5.83. The molecule has 0 aliphatic rings. The van der Waals surface area contributed by atoms with E-state index in [1.165, 1.54) is 0 Å². The lowest BCUT2D eigenvalue weighted by atomic mass is 9.95. The monoisotopic (exact) mass is 276 g/mol. The Morgan fingerprint density at radius 3 is 2.35 bits per heavy atom. The van der Waals surface area contributed by atoms with Gasteiger partial charge in [-0.3, -0.25) is 4.79 Å². The number of benzene rings is 1. The van der Waals surface area contributed by atoms with Gasteiger partial charge in [-0.05, 0) is 24.3 Å². The molecule has 0 aromatic heterocycles. The molecule has 0 saturated heterocycles. The standard InChI is InChI=1S/C17H28N2O/c1-5-15(14-9-7-6-8-10-14)17(20)19(4)12-11-16(18)13(2)3/h6-10,13,15-16H,5,11-12,18H2,1-4H3. The molecule has 1 aromatic carbocycles. The second kappa shape index (κ2) is 8.05. The van der Waals surface area contributed by atoms with Crippen molar-refractivity contribution in [3.05, 3.63) is 35.9 Å². The first-order valence-corrected chi connectivity index (χ1v) is 7.52. The van der Waals surface area contributed by atoms with Crippen molar-refractivity contribution in [3.8, 4) is 0 Å². The van der Waals surface area contributed by atoms with Crippen LogP contribution in [0.25, 0.3) is 0 Å². The zero-order valence-corrected chi connectivity index (χ0v) is 13.2. The van der Waals surface area contributed by atoms with E-state index in [1.807, 2.05) is 42.3 Å². The van der Waals surface area contributed by atoms with Crippen molar-refractivity contribution in [3.63, 3.8) is 0 Å². The van der Waals surface area contributed by atoms with Crippen molar-refractivity contribution in [1.82, 2.24) is 4.90 Å². The Bertz CT molecular complexity index is 403. The highest BCUT2D eigenvalue weighted by atomic mass is 16.2. The minimum Gasteiger partial charge on any atom is -0.345 e. The molecule has 0 spiro atoms. The summed E-state index contributed by atoms with van der Waals surface area (Å²) in [5, 5.41) is 0. The molecule has 0 fully saturated rings. The fourth-order valence-corrected chi connectivity index (χ4v) is 2.29. The summed E-state index contributed by atoms with van der Waals surface area (Å²) in [5.74, 6) is 0.598. The van der Waals surface area contributed by atoms with E-state index in [-0.39, 0.29) is 17.9 Å². The molecule has 2 N–H and O–H groups in total. The third kappa shape index (κ3) is 4.64. The van der Waals surface area contributed by atoms with Crippen LogP contribution in [0.15, 0.2) is 30.3 Å². The lowest BCUT2D eigenvalue weighted by molar-refractivity contribution is -0.131. The van der Waals surface area contributed by atoms with Crippen molar-refractivity contribution in [2.24, 2.45) is 11.7 Å². The van der Waals surface area contributed by atoms with Gasteiger partial charge in [-0.15, -0.1) is 0 Å². The van der Waals surface area contributed by atoms with Gasteiger partial charge >= 0.3 is 0 Å². The fourth-order valence-electron chi connectivity index (χ4n) is 2.29. The summed E-state index contributed by atoms with van der Waals surface area (Å²) in [5.41, 5.74) is 7.14. The summed E-state index contributed by atoms with van der Waals surface area (Å²) in [7, 11) is 1.88. The molecule has 0 saturated carbocycles. The minimum absolute atomic E-state index is 0.0449. The molecule has 0 aliphatic heterocycles. The number of hydrogen-bond donors (Lipinski definition) is 1. The van der Waals surface area contributed by atoms with Gasteiger partial charge in [0, 0.05) is 19.6 Å². The van der Waals surface area contributed by atoms with Gasteiger partial charge in [0.25, 0.3) is 0 Å². The van der Waals surface area contributed by atoms with Crippen molar-refractivity contribution >= 4 is 5.91 Å². The Balaban J connectivity index is 2.62. The summed E-state index contributed by atoms with van der Waals surface area (Å²) >= 11 is 0. The summed E-state index contributed by atoms with van der Waals surface area (Å²) in [6.07, 6.45) is 1.68. The van der Waals surface area contributed by atoms with Gasteiger partial charge in [0.15, 0.2) is 0 Å². The predicted molar refractivity (Wildman–Crippen MR) is 84.5 cm³/mol. The van der Waals surface area contributed by atoms with Crippen molar-refractivity contribution in [2.45, 2.75) is 45.6 Å². The largest absolute Gasteiger partial charge is 0.345 e. The van der Waals surface area contributed by atoms with Crippen LogP contribution in [0.1, 0.15) is 45.1 Å². The SMILES string of the molecule is CCC(C(=O)N(C)CCC(N)C(C)C)c1ccccc1. The third-order valence-electron chi connectivity index (χ3n) is 3.94. The van der Waals surface area contributed by atoms with Crippen molar-refractivity contribution in [1.29, 1.82) is 0 Å². The minimum atomic E-state index is -0.0449. The van der Waals surface area contributed by atoms with Crippen LogP contribution < -0.4 is 5.73 Å². The first-order valence-electron chi connectivity index (χ1n) is 7.52. The van der Waals surface area contributed by atoms with Crippen LogP contribution >= 0.6 is 0 Å². The molecular formula is C17H28N2O. The predicted octanol–water partition coefficient (Wildman–Crippen LogP) is 3.01. The molecule has 0 heterocycles. The van der Waals surface area contributed by atoms with Crippen LogP contribution in [0.3, 0.4) is 0 Å².